The number of hydrogen-bond donors (Lipinski definition) is 1. The van der Waals surface area contributed by atoms with E-state index in [0.29, 0.717) is 32.7 Å². The number of amides is 1. The number of halogens is 1. The van der Waals surface area contributed by atoms with Gasteiger partial charge in [-0.2, -0.15) is 4.31 Å². The molecule has 0 spiro atoms. The average Bonchev–Trinajstić information content (AvgIpc) is 2.37. The molecule has 0 aromatic heterocycles. The van der Waals surface area contributed by atoms with Gasteiger partial charge in [-0.05, 0) is 6.92 Å². The average molecular weight is 300 g/mol. The molecule has 0 aromatic rings. The van der Waals surface area contributed by atoms with E-state index >= 15 is 0 Å². The first-order valence-corrected chi connectivity index (χ1v) is 7.50. The van der Waals surface area contributed by atoms with Crippen LogP contribution in [0.15, 0.2) is 0 Å². The minimum atomic E-state index is -3.13. The van der Waals surface area contributed by atoms with Crippen molar-refractivity contribution in [2.24, 2.45) is 11.7 Å². The highest BCUT2D eigenvalue weighted by Crippen LogP contribution is 2.10. The predicted molar refractivity (Wildman–Crippen MR) is 73.1 cm³/mol. The van der Waals surface area contributed by atoms with Crippen LogP contribution in [0.4, 0.5) is 0 Å². The van der Waals surface area contributed by atoms with Crippen LogP contribution in [-0.4, -0.2) is 62.0 Å². The number of nitrogens with zero attached hydrogens (tertiary/aromatic N) is 2. The Bertz CT molecular complexity index is 367. The van der Waals surface area contributed by atoms with E-state index in [-0.39, 0.29) is 30.0 Å². The van der Waals surface area contributed by atoms with Crippen molar-refractivity contribution in [2.75, 3.05) is 38.5 Å². The largest absolute Gasteiger partial charge is 0.340 e. The van der Waals surface area contributed by atoms with E-state index in [4.69, 9.17) is 5.73 Å². The maximum Gasteiger partial charge on any atom is 0.226 e. The number of carbonyl (C=O) groups excluding carboxylic acids is 1. The standard InChI is InChI=1S/C10H21N3O3S.ClH/c1-3-17(15,16)13-6-4-12(5-7-13)10(14)9(2)8-11;/h9H,3-8,11H2,1-2H3;1H. The van der Waals surface area contributed by atoms with Gasteiger partial charge in [0.1, 0.15) is 0 Å². The number of piperazine rings is 1. The molecule has 1 rings (SSSR count). The molecule has 18 heavy (non-hydrogen) atoms. The lowest BCUT2D eigenvalue weighted by molar-refractivity contribution is -0.135. The summed E-state index contributed by atoms with van der Waals surface area (Å²) < 4.78 is 24.7. The van der Waals surface area contributed by atoms with Crippen LogP contribution in [0.25, 0.3) is 0 Å². The molecule has 1 fully saturated rings. The van der Waals surface area contributed by atoms with Gasteiger partial charge in [-0.3, -0.25) is 4.79 Å². The summed E-state index contributed by atoms with van der Waals surface area (Å²) in [6.45, 7) is 5.44. The second-order valence-corrected chi connectivity index (χ2v) is 6.52. The van der Waals surface area contributed by atoms with Crippen LogP contribution in [-0.2, 0) is 14.8 Å². The van der Waals surface area contributed by atoms with E-state index in [1.165, 1.54) is 4.31 Å². The fourth-order valence-corrected chi connectivity index (χ4v) is 2.87. The van der Waals surface area contributed by atoms with Crippen LogP contribution in [0.5, 0.6) is 0 Å². The molecule has 0 radical (unpaired) electrons. The van der Waals surface area contributed by atoms with Gasteiger partial charge in [0.15, 0.2) is 0 Å². The monoisotopic (exact) mass is 299 g/mol. The van der Waals surface area contributed by atoms with Crippen LogP contribution >= 0.6 is 12.4 Å². The molecule has 6 nitrogen and oxygen atoms in total. The molecule has 1 saturated heterocycles. The Labute approximate surface area is 115 Å². The van der Waals surface area contributed by atoms with Gasteiger partial charge < -0.3 is 10.6 Å². The van der Waals surface area contributed by atoms with E-state index in [9.17, 15) is 13.2 Å². The van der Waals surface area contributed by atoms with Gasteiger partial charge in [-0.1, -0.05) is 6.92 Å². The summed E-state index contributed by atoms with van der Waals surface area (Å²) in [6, 6.07) is 0. The van der Waals surface area contributed by atoms with E-state index in [1.54, 1.807) is 18.7 Å². The minimum absolute atomic E-state index is 0. The van der Waals surface area contributed by atoms with Crippen molar-refractivity contribution in [3.8, 4) is 0 Å². The third kappa shape index (κ3) is 4.08. The highest BCUT2D eigenvalue weighted by Gasteiger charge is 2.28. The van der Waals surface area contributed by atoms with Crippen molar-refractivity contribution >= 4 is 28.3 Å². The normalized spacial score (nSPS) is 19.2. The van der Waals surface area contributed by atoms with Crippen LogP contribution in [0.2, 0.25) is 0 Å². The highest BCUT2D eigenvalue weighted by atomic mass is 35.5. The number of sulfonamides is 1. The second kappa shape index (κ2) is 7.28. The Hall–Kier alpha value is -0.370. The fourth-order valence-electron chi connectivity index (χ4n) is 1.78. The van der Waals surface area contributed by atoms with Gasteiger partial charge in [-0.15, -0.1) is 12.4 Å². The molecule has 1 heterocycles. The third-order valence-corrected chi connectivity index (χ3v) is 4.97. The number of nitrogens with two attached hydrogens (primary N) is 1. The lowest BCUT2D eigenvalue weighted by atomic mass is 10.1. The van der Waals surface area contributed by atoms with Crippen LogP contribution in [0.1, 0.15) is 13.8 Å². The van der Waals surface area contributed by atoms with Crippen molar-refractivity contribution in [1.29, 1.82) is 0 Å². The number of hydrogen-bond acceptors (Lipinski definition) is 4. The molecular formula is C10H22ClN3O3S. The van der Waals surface area contributed by atoms with Crippen LogP contribution in [0.3, 0.4) is 0 Å². The highest BCUT2D eigenvalue weighted by molar-refractivity contribution is 7.89. The van der Waals surface area contributed by atoms with Gasteiger partial charge in [-0.25, -0.2) is 8.42 Å². The molecule has 1 atom stereocenters. The molecule has 0 aromatic carbocycles. The van der Waals surface area contributed by atoms with Gasteiger partial charge in [0.25, 0.3) is 0 Å². The van der Waals surface area contributed by atoms with E-state index in [0.717, 1.165) is 0 Å². The Balaban J connectivity index is 0.00000289. The van der Waals surface area contributed by atoms with E-state index in [2.05, 4.69) is 0 Å². The zero-order valence-corrected chi connectivity index (χ0v) is 12.5. The first kappa shape index (κ1) is 17.6. The Morgan fingerprint density at radius 3 is 2.17 bits per heavy atom. The van der Waals surface area contributed by atoms with Gasteiger partial charge >= 0.3 is 0 Å². The van der Waals surface area contributed by atoms with Gasteiger partial charge in [0, 0.05) is 38.6 Å². The number of carbonyl (C=O) groups is 1. The van der Waals surface area contributed by atoms with E-state index < -0.39 is 10.0 Å². The van der Waals surface area contributed by atoms with Crippen molar-refractivity contribution in [3.05, 3.63) is 0 Å². The molecule has 1 aliphatic heterocycles. The van der Waals surface area contributed by atoms with Gasteiger partial charge in [0.05, 0.1) is 5.75 Å². The summed E-state index contributed by atoms with van der Waals surface area (Å²) in [6.07, 6.45) is 0. The quantitative estimate of drug-likeness (QED) is 0.758. The molecule has 8 heteroatoms. The molecule has 0 bridgehead atoms. The number of rotatable bonds is 4. The summed E-state index contributed by atoms with van der Waals surface area (Å²) in [4.78, 5) is 13.5. The zero-order chi connectivity index (χ0) is 13.1. The topological polar surface area (TPSA) is 83.7 Å². The molecule has 1 unspecified atom stereocenters. The molecule has 108 valence electrons. The molecule has 1 amide bonds. The van der Waals surface area contributed by atoms with Crippen molar-refractivity contribution in [1.82, 2.24) is 9.21 Å². The predicted octanol–water partition coefficient (Wildman–Crippen LogP) is -0.503. The molecule has 1 aliphatic rings. The second-order valence-electron chi connectivity index (χ2n) is 4.26. The summed E-state index contributed by atoms with van der Waals surface area (Å²) in [7, 11) is -3.13. The first-order chi connectivity index (χ1) is 7.92. The molecule has 2 N–H and O–H groups in total. The fraction of sp³-hybridized carbons (Fsp3) is 0.900. The summed E-state index contributed by atoms with van der Waals surface area (Å²) in [5, 5.41) is 0. The Morgan fingerprint density at radius 2 is 1.78 bits per heavy atom. The SMILES string of the molecule is CCS(=O)(=O)N1CCN(C(=O)C(C)CN)CC1.Cl. The molecular weight excluding hydrogens is 278 g/mol. The Kier molecular flexibility index (Phi) is 7.13. The van der Waals surface area contributed by atoms with Crippen molar-refractivity contribution < 1.29 is 13.2 Å². The summed E-state index contributed by atoms with van der Waals surface area (Å²) >= 11 is 0. The van der Waals surface area contributed by atoms with Crippen LogP contribution in [0, 0.1) is 5.92 Å². The lowest BCUT2D eigenvalue weighted by Gasteiger charge is -2.35. The summed E-state index contributed by atoms with van der Waals surface area (Å²) in [5.74, 6) is -0.0643. The van der Waals surface area contributed by atoms with Crippen LogP contribution < -0.4 is 5.73 Å². The maximum atomic E-state index is 11.8. The minimum Gasteiger partial charge on any atom is -0.340 e. The lowest BCUT2D eigenvalue weighted by Crippen LogP contribution is -2.52. The molecule has 0 saturated carbocycles. The molecule has 0 aliphatic carbocycles. The first-order valence-electron chi connectivity index (χ1n) is 5.89. The Morgan fingerprint density at radius 1 is 1.28 bits per heavy atom. The van der Waals surface area contributed by atoms with Crippen molar-refractivity contribution in [2.45, 2.75) is 13.8 Å². The maximum absolute atomic E-state index is 11.8. The third-order valence-electron chi connectivity index (χ3n) is 3.08. The smallest absolute Gasteiger partial charge is 0.226 e. The van der Waals surface area contributed by atoms with Crippen molar-refractivity contribution in [3.63, 3.8) is 0 Å². The zero-order valence-electron chi connectivity index (χ0n) is 10.8. The van der Waals surface area contributed by atoms with E-state index in [1.807, 2.05) is 0 Å². The summed E-state index contributed by atoms with van der Waals surface area (Å²) in [5.41, 5.74) is 5.44. The van der Waals surface area contributed by atoms with Gasteiger partial charge in [0.2, 0.25) is 15.9 Å².